The average Bonchev–Trinajstić information content (AvgIpc) is 3.07. The summed E-state index contributed by atoms with van der Waals surface area (Å²) in [5.41, 5.74) is 9.67. The maximum Gasteiger partial charge on any atom is 0.222 e. The van der Waals surface area contributed by atoms with Crippen molar-refractivity contribution in [2.24, 2.45) is 4.99 Å². The third-order valence-electron chi connectivity index (χ3n) is 5.15. The number of aliphatic imine (C=N–C) groups is 1. The Balaban J connectivity index is 1.97. The number of nitrogens with one attached hydrogen (secondary N) is 1. The number of aromatic nitrogens is 3. The molecule has 1 amide bonds. The third-order valence-corrected chi connectivity index (χ3v) is 5.50. The number of hydrogen-bond donors (Lipinski definition) is 2. The first-order valence-corrected chi connectivity index (χ1v) is 10.3. The maximum absolute atomic E-state index is 12.5. The number of nitrogen functional groups attached to an aromatic ring is 1. The fourth-order valence-electron chi connectivity index (χ4n) is 3.71. The Morgan fingerprint density at radius 3 is 2.77 bits per heavy atom. The minimum Gasteiger partial charge on any atom is -0.497 e. The number of anilines is 1. The molecule has 0 spiro atoms. The Morgan fingerprint density at radius 1 is 1.26 bits per heavy atom. The number of fused-ring (bicyclic) bond motifs is 3. The summed E-state index contributed by atoms with van der Waals surface area (Å²) < 4.78 is 7.40. The minimum absolute atomic E-state index is 0.109. The normalized spacial score (nSPS) is 14.8. The molecule has 1 aromatic heterocycles. The van der Waals surface area contributed by atoms with Gasteiger partial charge in [0.25, 0.3) is 0 Å². The quantitative estimate of drug-likeness (QED) is 0.594. The number of aryl methyl sites for hydroxylation is 1. The van der Waals surface area contributed by atoms with Crippen molar-refractivity contribution in [3.63, 3.8) is 0 Å². The molecule has 4 rings (SSSR count). The van der Waals surface area contributed by atoms with Gasteiger partial charge in [-0.25, -0.2) is 0 Å². The lowest BCUT2D eigenvalue weighted by Gasteiger charge is -2.14. The molecule has 31 heavy (non-hydrogen) atoms. The monoisotopic (exact) mass is 438 g/mol. The molecule has 0 fully saturated rings. The van der Waals surface area contributed by atoms with Crippen LogP contribution in [-0.4, -0.2) is 40.0 Å². The number of nitrogens with zero attached hydrogens (tertiary/aromatic N) is 4. The van der Waals surface area contributed by atoms with Crippen LogP contribution in [0.25, 0.3) is 5.69 Å². The molecule has 3 N–H and O–H groups in total. The van der Waals surface area contributed by atoms with E-state index in [-0.39, 0.29) is 12.3 Å². The Morgan fingerprint density at radius 2 is 2.06 bits per heavy atom. The highest BCUT2D eigenvalue weighted by Gasteiger charge is 2.30. The molecule has 2 aromatic carbocycles. The highest BCUT2D eigenvalue weighted by Crippen LogP contribution is 2.35. The van der Waals surface area contributed by atoms with E-state index in [9.17, 15) is 4.79 Å². The van der Waals surface area contributed by atoms with Gasteiger partial charge in [-0.05, 0) is 44.2 Å². The first-order valence-electron chi connectivity index (χ1n) is 9.93. The zero-order chi connectivity index (χ0) is 22.1. The second-order valence-corrected chi connectivity index (χ2v) is 7.62. The summed E-state index contributed by atoms with van der Waals surface area (Å²) in [5.74, 6) is 1.88. The van der Waals surface area contributed by atoms with Crippen molar-refractivity contribution in [2.75, 3.05) is 19.4 Å². The van der Waals surface area contributed by atoms with Crippen LogP contribution in [0.1, 0.15) is 42.2 Å². The van der Waals surface area contributed by atoms with Crippen LogP contribution in [-0.2, 0) is 4.79 Å². The SMILES string of the molecule is CCNC(=O)C[C@@H]1N=C(c2ccc(Cl)c(N)c2)c2cc(OC)ccc2-n2c(C)nnc21. The molecule has 0 radical (unpaired) electrons. The number of rotatable bonds is 5. The molecule has 1 atom stereocenters. The molecule has 2 heterocycles. The number of amides is 1. The fourth-order valence-corrected chi connectivity index (χ4v) is 3.82. The largest absolute Gasteiger partial charge is 0.497 e. The van der Waals surface area contributed by atoms with E-state index < -0.39 is 6.04 Å². The smallest absolute Gasteiger partial charge is 0.222 e. The molecule has 0 bridgehead atoms. The third kappa shape index (κ3) is 3.86. The van der Waals surface area contributed by atoms with Gasteiger partial charge in [0.05, 0.1) is 35.6 Å². The summed E-state index contributed by atoms with van der Waals surface area (Å²) in [7, 11) is 1.61. The van der Waals surface area contributed by atoms with Gasteiger partial charge in [-0.2, -0.15) is 0 Å². The number of nitrogens with two attached hydrogens (primary N) is 1. The predicted molar refractivity (Wildman–Crippen MR) is 120 cm³/mol. The van der Waals surface area contributed by atoms with Crippen LogP contribution in [0, 0.1) is 6.92 Å². The molecular formula is C22H23ClN6O2. The Kier molecular flexibility index (Phi) is 5.65. The van der Waals surface area contributed by atoms with Gasteiger partial charge in [0.1, 0.15) is 17.6 Å². The summed E-state index contributed by atoms with van der Waals surface area (Å²) in [5, 5.41) is 11.9. The Hall–Kier alpha value is -3.39. The molecule has 160 valence electrons. The van der Waals surface area contributed by atoms with Gasteiger partial charge in [0.15, 0.2) is 5.82 Å². The molecule has 0 aliphatic carbocycles. The number of methoxy groups -OCH3 is 1. The molecule has 1 aliphatic rings. The molecular weight excluding hydrogens is 416 g/mol. The van der Waals surface area contributed by atoms with Gasteiger partial charge >= 0.3 is 0 Å². The lowest BCUT2D eigenvalue weighted by molar-refractivity contribution is -0.121. The van der Waals surface area contributed by atoms with Gasteiger partial charge in [-0.3, -0.25) is 14.4 Å². The lowest BCUT2D eigenvalue weighted by Crippen LogP contribution is -2.25. The molecule has 1 aliphatic heterocycles. The first kappa shape index (κ1) is 20.9. The van der Waals surface area contributed by atoms with Crippen molar-refractivity contribution in [2.45, 2.75) is 26.3 Å². The van der Waals surface area contributed by atoms with E-state index in [2.05, 4.69) is 15.5 Å². The highest BCUT2D eigenvalue weighted by atomic mass is 35.5. The summed E-state index contributed by atoms with van der Waals surface area (Å²) in [6, 6.07) is 10.6. The topological polar surface area (TPSA) is 107 Å². The van der Waals surface area contributed by atoms with E-state index >= 15 is 0 Å². The summed E-state index contributed by atoms with van der Waals surface area (Å²) in [6.45, 7) is 4.29. The van der Waals surface area contributed by atoms with Crippen LogP contribution in [0.15, 0.2) is 41.4 Å². The van der Waals surface area contributed by atoms with E-state index in [0.717, 1.165) is 16.8 Å². The molecule has 8 nitrogen and oxygen atoms in total. The highest BCUT2D eigenvalue weighted by molar-refractivity contribution is 6.33. The van der Waals surface area contributed by atoms with Crippen molar-refractivity contribution in [1.82, 2.24) is 20.1 Å². The predicted octanol–water partition coefficient (Wildman–Crippen LogP) is 3.24. The average molecular weight is 439 g/mol. The Labute approximate surface area is 185 Å². The van der Waals surface area contributed by atoms with E-state index in [0.29, 0.717) is 40.4 Å². The first-order chi connectivity index (χ1) is 14.9. The van der Waals surface area contributed by atoms with Gasteiger partial charge in [-0.1, -0.05) is 17.7 Å². The fraction of sp³-hybridized carbons (Fsp3) is 0.273. The van der Waals surface area contributed by atoms with Gasteiger partial charge in [0, 0.05) is 17.7 Å². The van der Waals surface area contributed by atoms with Crippen molar-refractivity contribution in [1.29, 1.82) is 0 Å². The Bertz CT molecular complexity index is 1190. The number of carbonyl (C=O) groups is 1. The minimum atomic E-state index is -0.530. The second-order valence-electron chi connectivity index (χ2n) is 7.21. The number of ether oxygens (including phenoxy) is 1. The number of halogens is 1. The van der Waals surface area contributed by atoms with Crippen LogP contribution in [0.5, 0.6) is 5.75 Å². The van der Waals surface area contributed by atoms with Crippen molar-refractivity contribution >= 4 is 28.9 Å². The summed E-state index contributed by atoms with van der Waals surface area (Å²) >= 11 is 6.15. The molecule has 0 saturated carbocycles. The van der Waals surface area contributed by atoms with Crippen molar-refractivity contribution < 1.29 is 9.53 Å². The molecule has 9 heteroatoms. The zero-order valence-corrected chi connectivity index (χ0v) is 18.3. The van der Waals surface area contributed by atoms with Gasteiger partial charge < -0.3 is 15.8 Å². The maximum atomic E-state index is 12.5. The van der Waals surface area contributed by atoms with Crippen LogP contribution >= 0.6 is 11.6 Å². The van der Waals surface area contributed by atoms with Crippen molar-refractivity contribution in [3.05, 3.63) is 64.2 Å². The summed E-state index contributed by atoms with van der Waals surface area (Å²) in [4.78, 5) is 17.4. The van der Waals surface area contributed by atoms with Crippen LogP contribution in [0.2, 0.25) is 5.02 Å². The van der Waals surface area contributed by atoms with E-state index in [1.807, 2.05) is 42.7 Å². The lowest BCUT2D eigenvalue weighted by atomic mass is 9.99. The van der Waals surface area contributed by atoms with Crippen LogP contribution < -0.4 is 15.8 Å². The van der Waals surface area contributed by atoms with E-state index in [4.69, 9.17) is 27.1 Å². The zero-order valence-electron chi connectivity index (χ0n) is 17.5. The van der Waals surface area contributed by atoms with Gasteiger partial charge in [0.2, 0.25) is 5.91 Å². The van der Waals surface area contributed by atoms with Crippen LogP contribution in [0.4, 0.5) is 5.69 Å². The standard InChI is InChI=1S/C22H23ClN6O2/c1-4-25-20(30)11-18-22-28-27-12(2)29(22)19-8-6-14(31-3)10-15(19)21(26-18)13-5-7-16(23)17(24)9-13/h5-10,18H,4,11,24H2,1-3H3,(H,25,30)/t18-/m0/s1. The number of hydrogen-bond acceptors (Lipinski definition) is 6. The van der Waals surface area contributed by atoms with Crippen molar-refractivity contribution in [3.8, 4) is 11.4 Å². The van der Waals surface area contributed by atoms with E-state index in [1.54, 1.807) is 19.2 Å². The number of benzene rings is 2. The molecule has 3 aromatic rings. The van der Waals surface area contributed by atoms with Gasteiger partial charge in [-0.15, -0.1) is 10.2 Å². The van der Waals surface area contributed by atoms with Crippen LogP contribution in [0.3, 0.4) is 0 Å². The van der Waals surface area contributed by atoms with E-state index in [1.165, 1.54) is 0 Å². The second kappa shape index (κ2) is 8.39. The molecule has 0 unspecified atom stereocenters. The molecule has 0 saturated heterocycles. The summed E-state index contributed by atoms with van der Waals surface area (Å²) in [6.07, 6.45) is 0.143. The number of carbonyl (C=O) groups excluding carboxylic acids is 1.